The van der Waals surface area contributed by atoms with Gasteiger partial charge in [-0.25, -0.2) is 22.7 Å². The van der Waals surface area contributed by atoms with Crippen molar-refractivity contribution >= 4 is 33.4 Å². The summed E-state index contributed by atoms with van der Waals surface area (Å²) in [5, 5.41) is 13.0. The number of rotatable bonds is 6. The first-order chi connectivity index (χ1) is 9.66. The summed E-state index contributed by atoms with van der Waals surface area (Å²) < 4.78 is 26.5. The van der Waals surface area contributed by atoms with Crippen LogP contribution in [0.2, 0.25) is 0 Å². The fourth-order valence-electron chi connectivity index (χ4n) is 1.50. The Labute approximate surface area is 126 Å². The van der Waals surface area contributed by atoms with Gasteiger partial charge in [-0.2, -0.15) is 0 Å². The minimum Gasteiger partial charge on any atom is -0.477 e. The smallest absolute Gasteiger partial charge is 0.347 e. The summed E-state index contributed by atoms with van der Waals surface area (Å²) in [5.41, 5.74) is 0.377. The number of aromatic carboxylic acids is 1. The van der Waals surface area contributed by atoms with Gasteiger partial charge in [0.1, 0.15) is 9.77 Å². The number of sulfonamides is 1. The van der Waals surface area contributed by atoms with Crippen molar-refractivity contribution in [1.29, 1.82) is 0 Å². The number of hydrogen-bond acceptors (Lipinski definition) is 5. The van der Waals surface area contributed by atoms with Crippen LogP contribution in [0.1, 0.15) is 15.2 Å². The molecule has 0 atom stereocenters. The Bertz CT molecular complexity index is 636. The second-order valence-corrected chi connectivity index (χ2v) is 6.99. The summed E-state index contributed by atoms with van der Waals surface area (Å²) in [5.74, 6) is -1.28. The number of carbonyl (C=O) groups excluding carboxylic acids is 1. The molecule has 0 saturated heterocycles. The largest absolute Gasteiger partial charge is 0.477 e. The van der Waals surface area contributed by atoms with E-state index in [2.05, 4.69) is 10.0 Å². The molecule has 0 unspecified atom stereocenters. The maximum atomic E-state index is 12.1. The number of amides is 2. The molecule has 0 aromatic carbocycles. The predicted octanol–water partition coefficient (Wildman–Crippen LogP) is 0.304. The van der Waals surface area contributed by atoms with Gasteiger partial charge in [0.05, 0.1) is 0 Å². The highest BCUT2D eigenvalue weighted by Gasteiger charge is 2.26. The lowest BCUT2D eigenvalue weighted by Crippen LogP contribution is -2.39. The molecule has 1 rings (SSSR count). The van der Waals surface area contributed by atoms with Crippen LogP contribution in [0.25, 0.3) is 0 Å². The number of carboxylic acid groups (broad SMARTS) is 1. The zero-order valence-corrected chi connectivity index (χ0v) is 13.5. The van der Waals surface area contributed by atoms with E-state index >= 15 is 0 Å². The summed E-state index contributed by atoms with van der Waals surface area (Å²) in [4.78, 5) is 23.2. The van der Waals surface area contributed by atoms with E-state index in [0.717, 1.165) is 11.3 Å². The normalized spacial score (nSPS) is 11.2. The number of nitrogens with one attached hydrogen (secondary N) is 2. The molecular formula is C11H17N3O5S2. The Hall–Kier alpha value is -1.65. The molecule has 1 heterocycles. The van der Waals surface area contributed by atoms with Crippen LogP contribution >= 0.6 is 11.3 Å². The Morgan fingerprint density at radius 1 is 1.33 bits per heavy atom. The monoisotopic (exact) mass is 335 g/mol. The van der Waals surface area contributed by atoms with Crippen LogP contribution in [-0.2, 0) is 10.0 Å². The minimum atomic E-state index is -3.93. The van der Waals surface area contributed by atoms with Gasteiger partial charge in [0.2, 0.25) is 10.0 Å². The third-order valence-electron chi connectivity index (χ3n) is 2.48. The van der Waals surface area contributed by atoms with Crippen LogP contribution in [0.4, 0.5) is 4.79 Å². The van der Waals surface area contributed by atoms with Gasteiger partial charge < -0.3 is 15.3 Å². The van der Waals surface area contributed by atoms with Gasteiger partial charge in [-0.05, 0) is 17.9 Å². The quantitative estimate of drug-likeness (QED) is 0.647. The summed E-state index contributed by atoms with van der Waals surface area (Å²) in [6.07, 6.45) is 0. The van der Waals surface area contributed by atoms with E-state index in [-0.39, 0.29) is 28.9 Å². The summed E-state index contributed by atoms with van der Waals surface area (Å²) in [6.45, 7) is 1.60. The molecule has 0 aliphatic carbocycles. The van der Waals surface area contributed by atoms with Gasteiger partial charge in [0, 0.05) is 27.2 Å². The third-order valence-corrected chi connectivity index (χ3v) is 5.34. The summed E-state index contributed by atoms with van der Waals surface area (Å²) in [6, 6.07) is -0.341. The van der Waals surface area contributed by atoms with Crippen LogP contribution in [-0.4, -0.2) is 57.6 Å². The van der Waals surface area contributed by atoms with Gasteiger partial charge in [0.25, 0.3) is 0 Å². The standard InChI is InChI=1S/C11H17N3O5S2/c1-7-6-20-8(10(15)16)9(7)21(18,19)13-5-4-12-11(17)14(2)3/h6,13H,4-5H2,1-3H3,(H,12,17)(H,15,16). The topological polar surface area (TPSA) is 116 Å². The van der Waals surface area contributed by atoms with E-state index in [0.29, 0.717) is 5.56 Å². The van der Waals surface area contributed by atoms with E-state index < -0.39 is 16.0 Å². The molecule has 0 saturated carbocycles. The van der Waals surface area contributed by atoms with Gasteiger partial charge in [-0.1, -0.05) is 0 Å². The number of urea groups is 1. The second kappa shape index (κ2) is 6.87. The summed E-state index contributed by atoms with van der Waals surface area (Å²) >= 11 is 0.864. The maximum absolute atomic E-state index is 12.1. The van der Waals surface area contributed by atoms with Crippen LogP contribution < -0.4 is 10.0 Å². The minimum absolute atomic E-state index is 0.0315. The first kappa shape index (κ1) is 17.4. The fraction of sp³-hybridized carbons (Fsp3) is 0.455. The number of carbonyl (C=O) groups is 2. The first-order valence-corrected chi connectivity index (χ1v) is 8.29. The second-order valence-electron chi connectivity index (χ2n) is 4.41. The van der Waals surface area contributed by atoms with Crippen molar-refractivity contribution in [2.45, 2.75) is 11.8 Å². The van der Waals surface area contributed by atoms with Crippen molar-refractivity contribution in [3.63, 3.8) is 0 Å². The lowest BCUT2D eigenvalue weighted by Gasteiger charge is -2.12. The van der Waals surface area contributed by atoms with Gasteiger partial charge in [-0.15, -0.1) is 11.3 Å². The van der Waals surface area contributed by atoms with Gasteiger partial charge in [0.15, 0.2) is 0 Å². The highest BCUT2D eigenvalue weighted by Crippen LogP contribution is 2.26. The Morgan fingerprint density at radius 3 is 2.48 bits per heavy atom. The van der Waals surface area contributed by atoms with Crippen LogP contribution in [0, 0.1) is 6.92 Å². The fourth-order valence-corrected chi connectivity index (χ4v) is 4.16. The molecule has 0 fully saturated rings. The van der Waals surface area contributed by atoms with Crippen molar-refractivity contribution in [3.8, 4) is 0 Å². The summed E-state index contributed by atoms with van der Waals surface area (Å²) in [7, 11) is -0.801. The molecule has 1 aromatic rings. The number of carboxylic acids is 1. The highest BCUT2D eigenvalue weighted by atomic mass is 32.2. The SMILES string of the molecule is Cc1csc(C(=O)O)c1S(=O)(=O)NCCNC(=O)N(C)C. The Morgan fingerprint density at radius 2 is 1.95 bits per heavy atom. The van der Waals surface area contributed by atoms with Crippen LogP contribution in [0.3, 0.4) is 0 Å². The molecule has 3 N–H and O–H groups in total. The van der Waals surface area contributed by atoms with Crippen molar-refractivity contribution in [1.82, 2.24) is 14.9 Å². The number of thiophene rings is 1. The molecule has 21 heavy (non-hydrogen) atoms. The molecule has 2 amide bonds. The van der Waals surface area contributed by atoms with Crippen molar-refractivity contribution in [2.24, 2.45) is 0 Å². The number of aryl methyl sites for hydroxylation is 1. The molecular weight excluding hydrogens is 318 g/mol. The molecule has 0 bridgehead atoms. The zero-order valence-electron chi connectivity index (χ0n) is 11.8. The average molecular weight is 335 g/mol. The first-order valence-electron chi connectivity index (χ1n) is 5.93. The van der Waals surface area contributed by atoms with E-state index in [1.807, 2.05) is 0 Å². The number of hydrogen-bond donors (Lipinski definition) is 3. The zero-order chi connectivity index (χ0) is 16.2. The molecule has 0 aliphatic rings. The maximum Gasteiger partial charge on any atom is 0.347 e. The molecule has 1 aromatic heterocycles. The lowest BCUT2D eigenvalue weighted by molar-refractivity contribution is 0.0698. The highest BCUT2D eigenvalue weighted by molar-refractivity contribution is 7.89. The van der Waals surface area contributed by atoms with E-state index in [4.69, 9.17) is 5.11 Å². The predicted molar refractivity (Wildman–Crippen MR) is 78.3 cm³/mol. The third kappa shape index (κ3) is 4.41. The van der Waals surface area contributed by atoms with E-state index in [1.54, 1.807) is 14.1 Å². The number of nitrogens with zero attached hydrogens (tertiary/aromatic N) is 1. The molecule has 0 spiro atoms. The Balaban J connectivity index is 2.73. The van der Waals surface area contributed by atoms with Gasteiger partial charge in [-0.3, -0.25) is 0 Å². The van der Waals surface area contributed by atoms with Crippen LogP contribution in [0.15, 0.2) is 10.3 Å². The molecule has 0 radical (unpaired) electrons. The van der Waals surface area contributed by atoms with Crippen LogP contribution in [0.5, 0.6) is 0 Å². The molecule has 118 valence electrons. The van der Waals surface area contributed by atoms with Crippen molar-refractivity contribution in [3.05, 3.63) is 15.8 Å². The van der Waals surface area contributed by atoms with Crippen molar-refractivity contribution < 1.29 is 23.1 Å². The average Bonchev–Trinajstić information content (AvgIpc) is 2.77. The molecule has 10 heteroatoms. The lowest BCUT2D eigenvalue weighted by atomic mass is 10.3. The molecule has 0 aliphatic heterocycles. The van der Waals surface area contributed by atoms with E-state index in [1.165, 1.54) is 17.2 Å². The molecule has 8 nitrogen and oxygen atoms in total. The van der Waals surface area contributed by atoms with Crippen molar-refractivity contribution in [2.75, 3.05) is 27.2 Å². The van der Waals surface area contributed by atoms with E-state index in [9.17, 15) is 18.0 Å². The Kier molecular flexibility index (Phi) is 5.70. The van der Waals surface area contributed by atoms with Gasteiger partial charge >= 0.3 is 12.0 Å².